The van der Waals surface area contributed by atoms with Gasteiger partial charge in [0.2, 0.25) is 0 Å². The largest absolute Gasteiger partial charge is 0.459 e. The Kier molecular flexibility index (Phi) is 10.5. The molecule has 0 aromatic heterocycles. The highest BCUT2D eigenvalue weighted by atomic mass is 127. The molecule has 2 nitrogen and oxygen atoms in total. The molecular formula is C19H29IO2. The zero-order valence-corrected chi connectivity index (χ0v) is 16.1. The van der Waals surface area contributed by atoms with Crippen LogP contribution in [0.2, 0.25) is 0 Å². The minimum Gasteiger partial charge on any atom is -0.459 e. The number of rotatable bonds is 11. The molecule has 3 heteroatoms. The molecule has 124 valence electrons. The SMILES string of the molecule is CCCCCCCCCCC(C)OC(=O)c1ccccc1I. The normalized spacial score (nSPS) is 12.1. The molecule has 0 saturated carbocycles. The summed E-state index contributed by atoms with van der Waals surface area (Å²) in [6.07, 6.45) is 11.4. The zero-order valence-electron chi connectivity index (χ0n) is 13.9. The molecule has 0 aliphatic heterocycles. The molecule has 1 unspecified atom stereocenters. The number of esters is 1. The third-order valence-electron chi connectivity index (χ3n) is 3.87. The van der Waals surface area contributed by atoms with Crippen molar-refractivity contribution in [2.24, 2.45) is 0 Å². The van der Waals surface area contributed by atoms with Crippen LogP contribution in [0.25, 0.3) is 0 Å². The Morgan fingerprint density at radius 1 is 1.05 bits per heavy atom. The minimum atomic E-state index is -0.197. The van der Waals surface area contributed by atoms with Crippen LogP contribution < -0.4 is 0 Å². The van der Waals surface area contributed by atoms with E-state index in [0.717, 1.165) is 16.4 Å². The molecule has 0 spiro atoms. The standard InChI is InChI=1S/C19H29IO2/c1-3-4-5-6-7-8-9-10-13-16(2)22-19(21)17-14-11-12-15-18(17)20/h11-12,14-16H,3-10,13H2,1-2H3. The number of carbonyl (C=O) groups is 1. The maximum atomic E-state index is 12.1. The van der Waals surface area contributed by atoms with Crippen molar-refractivity contribution in [2.75, 3.05) is 0 Å². The van der Waals surface area contributed by atoms with Crippen LogP contribution in [0.3, 0.4) is 0 Å². The monoisotopic (exact) mass is 416 g/mol. The summed E-state index contributed by atoms with van der Waals surface area (Å²) < 4.78 is 6.48. The predicted octanol–water partition coefficient (Wildman–Crippen LogP) is 6.37. The van der Waals surface area contributed by atoms with E-state index in [1.54, 1.807) is 0 Å². The molecule has 0 aliphatic rings. The summed E-state index contributed by atoms with van der Waals surface area (Å²) in [4.78, 5) is 12.1. The molecule has 1 aromatic rings. The van der Waals surface area contributed by atoms with E-state index in [4.69, 9.17) is 4.74 Å². The summed E-state index contributed by atoms with van der Waals surface area (Å²) >= 11 is 2.17. The molecule has 1 atom stereocenters. The van der Waals surface area contributed by atoms with E-state index in [0.29, 0.717) is 5.56 Å². The number of halogens is 1. The highest BCUT2D eigenvalue weighted by Crippen LogP contribution is 2.16. The van der Waals surface area contributed by atoms with Crippen molar-refractivity contribution in [3.8, 4) is 0 Å². The first-order valence-corrected chi connectivity index (χ1v) is 9.68. The lowest BCUT2D eigenvalue weighted by Gasteiger charge is -2.13. The fourth-order valence-electron chi connectivity index (χ4n) is 2.50. The Morgan fingerprint density at radius 2 is 1.64 bits per heavy atom. The van der Waals surface area contributed by atoms with Crippen molar-refractivity contribution in [1.29, 1.82) is 0 Å². The number of benzene rings is 1. The van der Waals surface area contributed by atoms with E-state index in [-0.39, 0.29) is 12.1 Å². The zero-order chi connectivity index (χ0) is 16.2. The first-order chi connectivity index (χ1) is 10.6. The molecule has 0 aliphatic carbocycles. The van der Waals surface area contributed by atoms with E-state index in [9.17, 15) is 4.79 Å². The fraction of sp³-hybridized carbons (Fsp3) is 0.632. The summed E-state index contributed by atoms with van der Waals surface area (Å²) in [5.74, 6) is -0.197. The molecule has 0 saturated heterocycles. The van der Waals surface area contributed by atoms with Gasteiger partial charge in [-0.25, -0.2) is 4.79 Å². The molecule has 0 amide bonds. The lowest BCUT2D eigenvalue weighted by molar-refractivity contribution is 0.0318. The van der Waals surface area contributed by atoms with Gasteiger partial charge in [-0.15, -0.1) is 0 Å². The van der Waals surface area contributed by atoms with Crippen LogP contribution in [0.1, 0.15) is 82.0 Å². The highest BCUT2D eigenvalue weighted by molar-refractivity contribution is 14.1. The first-order valence-electron chi connectivity index (χ1n) is 8.60. The number of carbonyl (C=O) groups excluding carboxylic acids is 1. The van der Waals surface area contributed by atoms with Crippen LogP contribution in [0.4, 0.5) is 0 Å². The van der Waals surface area contributed by atoms with E-state index >= 15 is 0 Å². The average molecular weight is 416 g/mol. The summed E-state index contributed by atoms with van der Waals surface area (Å²) in [6.45, 7) is 4.24. The van der Waals surface area contributed by atoms with Gasteiger partial charge in [0.1, 0.15) is 0 Å². The van der Waals surface area contributed by atoms with Crippen molar-refractivity contribution in [3.05, 3.63) is 33.4 Å². The molecule has 0 bridgehead atoms. The number of hydrogen-bond donors (Lipinski definition) is 0. The summed E-state index contributed by atoms with van der Waals surface area (Å²) in [5.41, 5.74) is 0.672. The van der Waals surface area contributed by atoms with Crippen LogP contribution in [0, 0.1) is 3.57 Å². The van der Waals surface area contributed by atoms with Gasteiger partial charge in [0, 0.05) is 3.57 Å². The summed E-state index contributed by atoms with van der Waals surface area (Å²) in [5, 5.41) is 0. The molecular weight excluding hydrogens is 387 g/mol. The van der Waals surface area contributed by atoms with Crippen molar-refractivity contribution >= 4 is 28.6 Å². The molecule has 0 N–H and O–H groups in total. The number of ether oxygens (including phenoxy) is 1. The van der Waals surface area contributed by atoms with Gasteiger partial charge in [0.15, 0.2) is 0 Å². The smallest absolute Gasteiger partial charge is 0.339 e. The second kappa shape index (κ2) is 11.9. The second-order valence-electron chi connectivity index (χ2n) is 5.96. The van der Waals surface area contributed by atoms with Gasteiger partial charge in [-0.05, 0) is 54.5 Å². The Balaban J connectivity index is 2.12. The maximum absolute atomic E-state index is 12.1. The van der Waals surface area contributed by atoms with Crippen molar-refractivity contribution in [2.45, 2.75) is 77.7 Å². The lowest BCUT2D eigenvalue weighted by atomic mass is 10.1. The molecule has 1 aromatic carbocycles. The Labute approximate surface area is 149 Å². The average Bonchev–Trinajstić information content (AvgIpc) is 2.50. The molecule has 0 radical (unpaired) electrons. The van der Waals surface area contributed by atoms with Crippen LogP contribution in [0.5, 0.6) is 0 Å². The quantitative estimate of drug-likeness (QED) is 0.238. The topological polar surface area (TPSA) is 26.3 Å². The molecule has 22 heavy (non-hydrogen) atoms. The second-order valence-corrected chi connectivity index (χ2v) is 7.12. The maximum Gasteiger partial charge on any atom is 0.339 e. The Bertz CT molecular complexity index is 431. The van der Waals surface area contributed by atoms with E-state index in [1.165, 1.54) is 44.9 Å². The predicted molar refractivity (Wildman–Crippen MR) is 101 cm³/mol. The van der Waals surface area contributed by atoms with Gasteiger partial charge in [-0.2, -0.15) is 0 Å². The lowest BCUT2D eigenvalue weighted by Crippen LogP contribution is -2.15. The van der Waals surface area contributed by atoms with E-state index in [2.05, 4.69) is 29.5 Å². The van der Waals surface area contributed by atoms with E-state index < -0.39 is 0 Å². The third kappa shape index (κ3) is 8.16. The highest BCUT2D eigenvalue weighted by Gasteiger charge is 2.14. The van der Waals surface area contributed by atoms with Crippen molar-refractivity contribution in [3.63, 3.8) is 0 Å². The summed E-state index contributed by atoms with van der Waals surface area (Å²) in [6, 6.07) is 7.57. The number of hydrogen-bond acceptors (Lipinski definition) is 2. The molecule has 0 heterocycles. The van der Waals surface area contributed by atoms with Crippen molar-refractivity contribution < 1.29 is 9.53 Å². The third-order valence-corrected chi connectivity index (χ3v) is 4.81. The number of unbranched alkanes of at least 4 members (excludes halogenated alkanes) is 7. The van der Waals surface area contributed by atoms with Gasteiger partial charge in [0.05, 0.1) is 11.7 Å². The van der Waals surface area contributed by atoms with Crippen LogP contribution in [-0.2, 0) is 4.74 Å². The van der Waals surface area contributed by atoms with Crippen LogP contribution >= 0.6 is 22.6 Å². The fourth-order valence-corrected chi connectivity index (χ4v) is 3.11. The van der Waals surface area contributed by atoms with Gasteiger partial charge < -0.3 is 4.74 Å². The molecule has 1 rings (SSSR count). The van der Waals surface area contributed by atoms with E-state index in [1.807, 2.05) is 31.2 Å². The van der Waals surface area contributed by atoms with Gasteiger partial charge in [0.25, 0.3) is 0 Å². The molecule has 0 fully saturated rings. The minimum absolute atomic E-state index is 0.00333. The Morgan fingerprint density at radius 3 is 2.27 bits per heavy atom. The van der Waals surface area contributed by atoms with Crippen LogP contribution in [0.15, 0.2) is 24.3 Å². The van der Waals surface area contributed by atoms with Crippen LogP contribution in [-0.4, -0.2) is 12.1 Å². The van der Waals surface area contributed by atoms with Crippen molar-refractivity contribution in [1.82, 2.24) is 0 Å². The van der Waals surface area contributed by atoms with Gasteiger partial charge in [-0.1, -0.05) is 64.0 Å². The summed E-state index contributed by atoms with van der Waals surface area (Å²) in [7, 11) is 0. The van der Waals surface area contributed by atoms with Gasteiger partial charge >= 0.3 is 5.97 Å². The first kappa shape index (κ1) is 19.5. The Hall–Kier alpha value is -0.580. The van der Waals surface area contributed by atoms with Gasteiger partial charge in [-0.3, -0.25) is 0 Å².